The lowest BCUT2D eigenvalue weighted by Crippen LogP contribution is -2.37. The molecule has 0 amide bonds. The van der Waals surface area contributed by atoms with Crippen molar-refractivity contribution < 1.29 is 21.9 Å². The molecule has 1 fully saturated rings. The van der Waals surface area contributed by atoms with Crippen LogP contribution >= 0.6 is 11.3 Å². The van der Waals surface area contributed by atoms with E-state index in [1.807, 2.05) is 18.2 Å². The van der Waals surface area contributed by atoms with Gasteiger partial charge in [0.25, 0.3) is 0 Å². The minimum Gasteiger partial charge on any atom is -0.490 e. The Bertz CT molecular complexity index is 1160. The zero-order valence-corrected chi connectivity index (χ0v) is 19.3. The van der Waals surface area contributed by atoms with E-state index in [0.717, 1.165) is 49.9 Å². The summed E-state index contributed by atoms with van der Waals surface area (Å²) in [5.41, 5.74) is 1.23. The first-order chi connectivity index (χ1) is 15.3. The highest BCUT2D eigenvalue weighted by molar-refractivity contribution is 7.90. The molecule has 0 bridgehead atoms. The van der Waals surface area contributed by atoms with Crippen LogP contribution in [0.1, 0.15) is 29.0 Å². The second kappa shape index (κ2) is 9.64. The van der Waals surface area contributed by atoms with Crippen LogP contribution in [0.3, 0.4) is 0 Å². The number of sulfone groups is 1. The van der Waals surface area contributed by atoms with Crippen LogP contribution in [0.15, 0.2) is 52.9 Å². The molecule has 0 unspecified atom stereocenters. The summed E-state index contributed by atoms with van der Waals surface area (Å²) in [6.07, 6.45) is 2.71. The third kappa shape index (κ3) is 5.16. The van der Waals surface area contributed by atoms with Gasteiger partial charge in [-0.1, -0.05) is 30.3 Å². The number of thiazole rings is 1. The summed E-state index contributed by atoms with van der Waals surface area (Å²) in [6, 6.07) is 11.2. The average molecular weight is 479 g/mol. The Morgan fingerprint density at radius 3 is 2.56 bits per heavy atom. The summed E-state index contributed by atoms with van der Waals surface area (Å²) in [7, 11) is -4.22. The average Bonchev–Trinajstić information content (AvgIpc) is 3.26. The molecule has 0 aliphatic carbocycles. The fourth-order valence-electron chi connectivity index (χ4n) is 3.85. The van der Waals surface area contributed by atoms with E-state index < -0.39 is 32.1 Å². The minimum absolute atomic E-state index is 0.00386. The van der Waals surface area contributed by atoms with Gasteiger partial charge in [0.2, 0.25) is 0 Å². The zero-order valence-electron chi connectivity index (χ0n) is 17.6. The van der Waals surface area contributed by atoms with E-state index in [0.29, 0.717) is 0 Å². The molecule has 0 spiro atoms. The van der Waals surface area contributed by atoms with E-state index in [1.165, 1.54) is 18.7 Å². The maximum Gasteiger partial charge on any atom is 0.190 e. The number of aromatic nitrogens is 1. The van der Waals surface area contributed by atoms with Crippen molar-refractivity contribution >= 4 is 21.2 Å². The van der Waals surface area contributed by atoms with Gasteiger partial charge in [0.15, 0.2) is 15.7 Å². The molecule has 1 saturated heterocycles. The predicted octanol–water partition coefficient (Wildman–Crippen LogP) is 4.75. The van der Waals surface area contributed by atoms with E-state index in [2.05, 4.69) is 22.0 Å². The summed E-state index contributed by atoms with van der Waals surface area (Å²) in [4.78, 5) is 5.30. The Morgan fingerprint density at radius 1 is 1.19 bits per heavy atom. The van der Waals surface area contributed by atoms with Crippen molar-refractivity contribution in [2.45, 2.75) is 43.1 Å². The molecule has 1 aliphatic rings. The van der Waals surface area contributed by atoms with E-state index in [-0.39, 0.29) is 22.4 Å². The lowest BCUT2D eigenvalue weighted by Gasteiger charge is -2.32. The zero-order chi connectivity index (χ0) is 22.7. The third-order valence-electron chi connectivity index (χ3n) is 5.56. The summed E-state index contributed by atoms with van der Waals surface area (Å²) in [6.45, 7) is 3.88. The van der Waals surface area contributed by atoms with Crippen molar-refractivity contribution in [3.05, 3.63) is 75.7 Å². The molecule has 1 aliphatic heterocycles. The van der Waals surface area contributed by atoms with Gasteiger partial charge in [-0.15, -0.1) is 11.3 Å². The van der Waals surface area contributed by atoms with Crippen molar-refractivity contribution in [2.75, 3.05) is 13.1 Å². The molecule has 2 heterocycles. The number of ether oxygens (including phenoxy) is 1. The maximum absolute atomic E-state index is 15.0. The number of piperidine rings is 1. The van der Waals surface area contributed by atoms with Crippen LogP contribution in [0.5, 0.6) is 5.75 Å². The Morgan fingerprint density at radius 2 is 1.91 bits per heavy atom. The van der Waals surface area contributed by atoms with Gasteiger partial charge >= 0.3 is 0 Å². The van der Waals surface area contributed by atoms with Gasteiger partial charge in [0.05, 0.1) is 0 Å². The molecule has 0 atom stereocenters. The summed E-state index contributed by atoms with van der Waals surface area (Å²) >= 11 is 1.12. The summed E-state index contributed by atoms with van der Waals surface area (Å²) < 4.78 is 60.9. The van der Waals surface area contributed by atoms with Crippen LogP contribution in [0.4, 0.5) is 8.78 Å². The standard InChI is InChI=1S/C23H24F2N2O3S2/c1-16-20(30-18-7-10-27(11-8-18)14-17-5-3-2-4-6-17)13-19(24)23(22(16)25)32(28,29)15-21-26-9-12-31-21/h2-6,9,12-13,18H,7-8,10-11,14-15H2,1H3. The second-order valence-electron chi connectivity index (χ2n) is 7.89. The number of hydrogen-bond acceptors (Lipinski definition) is 6. The van der Waals surface area contributed by atoms with Crippen molar-refractivity contribution in [3.63, 3.8) is 0 Å². The van der Waals surface area contributed by atoms with Gasteiger partial charge in [-0.05, 0) is 25.3 Å². The second-order valence-corrected chi connectivity index (χ2v) is 10.8. The maximum atomic E-state index is 15.0. The number of nitrogens with zero attached hydrogens (tertiary/aromatic N) is 2. The van der Waals surface area contributed by atoms with Crippen molar-refractivity contribution in [1.82, 2.24) is 9.88 Å². The topological polar surface area (TPSA) is 59.5 Å². The largest absolute Gasteiger partial charge is 0.490 e. The molecule has 0 saturated carbocycles. The van der Waals surface area contributed by atoms with Gasteiger partial charge in [0, 0.05) is 42.8 Å². The molecule has 2 aromatic carbocycles. The van der Waals surface area contributed by atoms with E-state index in [1.54, 1.807) is 5.38 Å². The third-order valence-corrected chi connectivity index (χ3v) is 8.17. The van der Waals surface area contributed by atoms with Crippen LogP contribution in [0.25, 0.3) is 0 Å². The van der Waals surface area contributed by atoms with Crippen molar-refractivity contribution in [2.24, 2.45) is 0 Å². The number of likely N-dealkylation sites (tertiary alicyclic amines) is 1. The Kier molecular flexibility index (Phi) is 6.88. The first-order valence-corrected chi connectivity index (χ1v) is 12.9. The number of hydrogen-bond donors (Lipinski definition) is 0. The van der Waals surface area contributed by atoms with Gasteiger partial charge < -0.3 is 4.74 Å². The first kappa shape index (κ1) is 22.8. The summed E-state index contributed by atoms with van der Waals surface area (Å²) in [5, 5.41) is 1.90. The minimum atomic E-state index is -4.22. The monoisotopic (exact) mass is 478 g/mol. The SMILES string of the molecule is Cc1c(OC2CCN(Cc3ccccc3)CC2)cc(F)c(S(=O)(=O)Cc2nccs2)c1F. The molecule has 3 aromatic rings. The summed E-state index contributed by atoms with van der Waals surface area (Å²) in [5.74, 6) is -2.73. The van der Waals surface area contributed by atoms with E-state index in [4.69, 9.17) is 4.74 Å². The van der Waals surface area contributed by atoms with Crippen LogP contribution in [0.2, 0.25) is 0 Å². The lowest BCUT2D eigenvalue weighted by molar-refractivity contribution is 0.0955. The molecule has 1 aromatic heterocycles. The van der Waals surface area contributed by atoms with Gasteiger partial charge in [-0.25, -0.2) is 22.2 Å². The normalized spacial score (nSPS) is 15.7. The molecule has 4 rings (SSSR count). The van der Waals surface area contributed by atoms with Gasteiger partial charge in [-0.3, -0.25) is 4.90 Å². The fourth-order valence-corrected chi connectivity index (χ4v) is 6.31. The Hall–Kier alpha value is -2.36. The van der Waals surface area contributed by atoms with Gasteiger partial charge in [0.1, 0.15) is 33.3 Å². The van der Waals surface area contributed by atoms with Crippen LogP contribution in [-0.2, 0) is 22.1 Å². The highest BCUT2D eigenvalue weighted by atomic mass is 32.2. The van der Waals surface area contributed by atoms with Crippen molar-refractivity contribution in [3.8, 4) is 5.75 Å². The fraction of sp³-hybridized carbons (Fsp3) is 0.348. The molecule has 5 nitrogen and oxygen atoms in total. The quantitative estimate of drug-likeness (QED) is 0.491. The lowest BCUT2D eigenvalue weighted by atomic mass is 10.1. The molecule has 9 heteroatoms. The van der Waals surface area contributed by atoms with E-state index in [9.17, 15) is 17.2 Å². The number of halogens is 2. The molecule has 170 valence electrons. The molecule has 0 N–H and O–H groups in total. The first-order valence-electron chi connectivity index (χ1n) is 10.4. The van der Waals surface area contributed by atoms with Crippen LogP contribution < -0.4 is 4.74 Å². The molecular weight excluding hydrogens is 454 g/mol. The van der Waals surface area contributed by atoms with Gasteiger partial charge in [-0.2, -0.15) is 0 Å². The smallest absolute Gasteiger partial charge is 0.190 e. The van der Waals surface area contributed by atoms with E-state index >= 15 is 0 Å². The highest BCUT2D eigenvalue weighted by Crippen LogP contribution is 2.33. The highest BCUT2D eigenvalue weighted by Gasteiger charge is 2.30. The Labute approximate surface area is 190 Å². The number of benzene rings is 2. The predicted molar refractivity (Wildman–Crippen MR) is 119 cm³/mol. The van der Waals surface area contributed by atoms with Crippen LogP contribution in [0, 0.1) is 18.6 Å². The molecular formula is C23H24F2N2O3S2. The van der Waals surface area contributed by atoms with Crippen molar-refractivity contribution in [1.29, 1.82) is 0 Å². The Balaban J connectivity index is 1.44. The number of rotatable bonds is 7. The molecule has 32 heavy (non-hydrogen) atoms. The molecule has 0 radical (unpaired) electrons. The van der Waals surface area contributed by atoms with Crippen LogP contribution in [-0.4, -0.2) is 37.5 Å².